The first-order valence-corrected chi connectivity index (χ1v) is 19.8. The molecule has 2 aromatic carbocycles. The van der Waals surface area contributed by atoms with Crippen molar-refractivity contribution in [3.63, 3.8) is 0 Å². The van der Waals surface area contributed by atoms with Crippen molar-refractivity contribution in [2.45, 2.75) is 128 Å². The molecule has 2 bridgehead atoms. The lowest BCUT2D eigenvalue weighted by Crippen LogP contribution is -2.81. The van der Waals surface area contributed by atoms with Crippen molar-refractivity contribution in [2.24, 2.45) is 16.7 Å². The Morgan fingerprint density at radius 1 is 0.966 bits per heavy atom. The lowest BCUT2D eigenvalue weighted by molar-refractivity contribution is -0.354. The molecule has 4 aliphatic rings. The molecule has 1 saturated heterocycles. The van der Waals surface area contributed by atoms with E-state index in [4.69, 9.17) is 23.7 Å². The molecule has 11 atom stereocenters. The van der Waals surface area contributed by atoms with Crippen molar-refractivity contribution in [3.8, 4) is 0 Å². The van der Waals surface area contributed by atoms with E-state index in [1.54, 1.807) is 83.1 Å². The van der Waals surface area contributed by atoms with Gasteiger partial charge in [-0.05, 0) is 70.4 Å². The lowest BCUT2D eigenvalue weighted by atomic mass is 9.44. The maximum Gasteiger partial charge on any atom is 0.408 e. The minimum absolute atomic E-state index is 0.0478. The number of carbonyl (C=O) groups is 5. The predicted molar refractivity (Wildman–Crippen MR) is 208 cm³/mol. The second-order valence-corrected chi connectivity index (χ2v) is 18.0. The van der Waals surface area contributed by atoms with Gasteiger partial charge in [-0.1, -0.05) is 62.4 Å². The molecule has 5 N–H and O–H groups in total. The van der Waals surface area contributed by atoms with Crippen molar-refractivity contribution >= 4 is 29.6 Å². The number of amides is 1. The van der Waals surface area contributed by atoms with E-state index in [1.807, 2.05) is 0 Å². The standard InChI is InChI=1S/C44H55NO14/c1-23(46)21-56-43-22-55-29(43)19-28(47)42(8)34(43)36(58-37(51)26-17-13-10-14-18-26)44(54)20-27(24(2)30(41(44,6)7)32(48)35(42)50)57-38(52)33(49)31(25-15-11-9-12-16-25)45-39(53)59-40(3,4)5/h9-18,27-29,31-34,36,47-49,54H,19-22H2,1-8H3,(H,45,53)/t27-,28-,29+,31-,32+,33+,34-,36-,42+,43-,44+/m0/s1. The highest BCUT2D eigenvalue weighted by molar-refractivity contribution is 5.94. The van der Waals surface area contributed by atoms with Crippen molar-refractivity contribution in [3.05, 3.63) is 82.9 Å². The van der Waals surface area contributed by atoms with Gasteiger partial charge in [0.15, 0.2) is 17.7 Å². The number of carbonyl (C=O) groups excluding carboxylic acids is 5. The van der Waals surface area contributed by atoms with Crippen LogP contribution in [0.1, 0.15) is 90.2 Å². The Kier molecular flexibility index (Phi) is 11.8. The van der Waals surface area contributed by atoms with E-state index >= 15 is 4.79 Å². The molecule has 0 radical (unpaired) electrons. The molecule has 2 aromatic rings. The number of benzene rings is 2. The number of ketones is 2. The number of rotatable bonds is 10. The van der Waals surface area contributed by atoms with Gasteiger partial charge in [-0.25, -0.2) is 14.4 Å². The molecule has 59 heavy (non-hydrogen) atoms. The maximum atomic E-state index is 15.0. The number of alkyl carbamates (subject to hydrolysis) is 1. The van der Waals surface area contributed by atoms with Crippen molar-refractivity contribution < 1.29 is 68.1 Å². The minimum Gasteiger partial charge on any atom is -0.456 e. The predicted octanol–water partition coefficient (Wildman–Crippen LogP) is 3.30. The zero-order valence-electron chi connectivity index (χ0n) is 34.6. The summed E-state index contributed by atoms with van der Waals surface area (Å²) in [4.78, 5) is 68.7. The van der Waals surface area contributed by atoms with E-state index in [2.05, 4.69) is 5.32 Å². The Labute approximate surface area is 343 Å². The Morgan fingerprint density at radius 2 is 1.58 bits per heavy atom. The Balaban J connectivity index is 1.49. The first-order chi connectivity index (χ1) is 27.5. The van der Waals surface area contributed by atoms with Gasteiger partial charge in [0, 0.05) is 24.2 Å². The molecule has 6 rings (SSSR count). The highest BCUT2D eigenvalue weighted by Crippen LogP contribution is 2.64. The van der Waals surface area contributed by atoms with Gasteiger partial charge in [0.05, 0.1) is 35.8 Å². The summed E-state index contributed by atoms with van der Waals surface area (Å²) in [5, 5.41) is 51.8. The summed E-state index contributed by atoms with van der Waals surface area (Å²) in [6.45, 7) is 11.7. The monoisotopic (exact) mass is 821 g/mol. The largest absolute Gasteiger partial charge is 0.456 e. The number of aliphatic hydroxyl groups excluding tert-OH is 3. The fourth-order valence-electron chi connectivity index (χ4n) is 9.59. The van der Waals surface area contributed by atoms with E-state index in [-0.39, 0.29) is 35.5 Å². The first kappa shape index (κ1) is 44.1. The van der Waals surface area contributed by atoms with Crippen LogP contribution >= 0.6 is 0 Å². The third-order valence-electron chi connectivity index (χ3n) is 12.8. The molecule has 3 fully saturated rings. The average Bonchev–Trinajstić information content (AvgIpc) is 3.16. The molecule has 3 aliphatic carbocycles. The number of Topliss-reactive ketones (excluding diaryl/α,β-unsaturated/α-hetero) is 2. The molecule has 1 amide bonds. The number of nitrogens with one attached hydrogen (secondary N) is 1. The van der Waals surface area contributed by atoms with Crippen LogP contribution in [-0.4, -0.2) is 117 Å². The quantitative estimate of drug-likeness (QED) is 0.132. The summed E-state index contributed by atoms with van der Waals surface area (Å²) < 4.78 is 30.0. The van der Waals surface area contributed by atoms with Crippen LogP contribution in [0.5, 0.6) is 0 Å². The van der Waals surface area contributed by atoms with E-state index in [9.17, 15) is 39.6 Å². The summed E-state index contributed by atoms with van der Waals surface area (Å²) in [6.07, 6.45) is -11.2. The van der Waals surface area contributed by atoms with Gasteiger partial charge >= 0.3 is 18.0 Å². The maximum absolute atomic E-state index is 15.0. The van der Waals surface area contributed by atoms with Crippen molar-refractivity contribution in [2.75, 3.05) is 13.2 Å². The van der Waals surface area contributed by atoms with Gasteiger partial charge in [0.1, 0.15) is 41.7 Å². The molecule has 0 aromatic heterocycles. The summed E-state index contributed by atoms with van der Waals surface area (Å²) >= 11 is 0. The molecule has 0 unspecified atom stereocenters. The summed E-state index contributed by atoms with van der Waals surface area (Å²) in [5.41, 5.74) is -7.86. The highest BCUT2D eigenvalue weighted by atomic mass is 16.6. The van der Waals surface area contributed by atoms with Gasteiger partial charge in [-0.15, -0.1) is 0 Å². The van der Waals surface area contributed by atoms with Gasteiger partial charge in [-0.2, -0.15) is 0 Å². The number of aliphatic hydroxyl groups is 4. The fourth-order valence-corrected chi connectivity index (χ4v) is 9.59. The van der Waals surface area contributed by atoms with Crippen LogP contribution in [0.2, 0.25) is 0 Å². The SMILES string of the molecule is CC(=O)CO[C@@]12CO[C@@H]1C[C@H](O)[C@@]1(C)C(=O)[C@H](O)C3=C(C)[C@@H](OC(=O)[C@H](O)[C@@H](NC(=O)OC(C)(C)C)c4ccccc4)C[C@@](O)([C@@H](OC(=O)c4ccccc4)[C@H]21)C3(C)C. The van der Waals surface area contributed by atoms with Crippen molar-refractivity contribution in [1.29, 1.82) is 0 Å². The van der Waals surface area contributed by atoms with Crippen LogP contribution < -0.4 is 5.32 Å². The molecule has 1 aliphatic heterocycles. The Morgan fingerprint density at radius 3 is 2.14 bits per heavy atom. The molecule has 15 nitrogen and oxygen atoms in total. The number of esters is 2. The van der Waals surface area contributed by atoms with Gasteiger partial charge in [0.2, 0.25) is 0 Å². The van der Waals surface area contributed by atoms with Gasteiger partial charge in [-0.3, -0.25) is 9.59 Å². The van der Waals surface area contributed by atoms with Gasteiger partial charge < -0.3 is 49.4 Å². The van der Waals surface area contributed by atoms with E-state index in [1.165, 1.54) is 32.9 Å². The molecule has 0 spiro atoms. The van der Waals surface area contributed by atoms with E-state index in [0.29, 0.717) is 5.56 Å². The van der Waals surface area contributed by atoms with Crippen molar-refractivity contribution in [1.82, 2.24) is 5.32 Å². The smallest absolute Gasteiger partial charge is 0.408 e. The van der Waals surface area contributed by atoms with Crippen LogP contribution in [0.25, 0.3) is 0 Å². The second kappa shape index (κ2) is 15.8. The zero-order valence-corrected chi connectivity index (χ0v) is 34.6. The summed E-state index contributed by atoms with van der Waals surface area (Å²) in [7, 11) is 0. The third kappa shape index (κ3) is 7.61. The number of hydrogen-bond acceptors (Lipinski definition) is 14. The van der Waals surface area contributed by atoms with Gasteiger partial charge in [0.25, 0.3) is 0 Å². The summed E-state index contributed by atoms with van der Waals surface area (Å²) in [6, 6.07) is 14.7. The minimum atomic E-state index is -2.33. The molecular weight excluding hydrogens is 766 g/mol. The van der Waals surface area contributed by atoms with Crippen LogP contribution in [0, 0.1) is 16.7 Å². The third-order valence-corrected chi connectivity index (χ3v) is 12.8. The van der Waals surface area contributed by atoms with Crippen LogP contribution in [0.4, 0.5) is 4.79 Å². The topological polar surface area (TPSA) is 224 Å². The van der Waals surface area contributed by atoms with Crippen LogP contribution in [0.3, 0.4) is 0 Å². The molecule has 320 valence electrons. The van der Waals surface area contributed by atoms with Crippen LogP contribution in [-0.2, 0) is 38.1 Å². The number of hydrogen-bond donors (Lipinski definition) is 5. The molecule has 1 heterocycles. The summed E-state index contributed by atoms with van der Waals surface area (Å²) in [5.74, 6) is -4.83. The number of fused-ring (bicyclic) bond motifs is 5. The molecule has 15 heteroatoms. The first-order valence-electron chi connectivity index (χ1n) is 19.8. The zero-order chi connectivity index (χ0) is 43.5. The molecular formula is C44H55NO14. The van der Waals surface area contributed by atoms with E-state index in [0.717, 1.165) is 0 Å². The Bertz CT molecular complexity index is 1990. The lowest BCUT2D eigenvalue weighted by Gasteiger charge is -2.67. The average molecular weight is 822 g/mol. The molecule has 2 saturated carbocycles. The second-order valence-electron chi connectivity index (χ2n) is 18.0. The normalized spacial score (nSPS) is 33.4. The Hall–Kier alpha value is -4.51. The highest BCUT2D eigenvalue weighted by Gasteiger charge is 2.77. The van der Waals surface area contributed by atoms with Crippen LogP contribution in [0.15, 0.2) is 71.8 Å². The number of ether oxygens (including phenoxy) is 5. The van der Waals surface area contributed by atoms with E-state index < -0.39 is 113 Å². The fraction of sp³-hybridized carbons (Fsp3) is 0.568.